The number of aryl methyl sites for hydroxylation is 1. The quantitative estimate of drug-likeness (QED) is 0.634. The Labute approximate surface area is 173 Å². The van der Waals surface area contributed by atoms with E-state index < -0.39 is 0 Å². The van der Waals surface area contributed by atoms with Gasteiger partial charge in [0.25, 0.3) is 11.5 Å². The van der Waals surface area contributed by atoms with Gasteiger partial charge in [0, 0.05) is 42.9 Å². The first-order valence-corrected chi connectivity index (χ1v) is 10.2. The molecule has 3 aromatic rings. The van der Waals surface area contributed by atoms with Gasteiger partial charge in [-0.15, -0.1) is 0 Å². The number of hydrogen-bond acceptors (Lipinski definition) is 3. The van der Waals surface area contributed by atoms with Gasteiger partial charge in [-0.1, -0.05) is 29.8 Å². The maximum Gasteiger partial charge on any atom is 0.257 e. The number of aromatic nitrogens is 1. The monoisotopic (exact) mass is 408 g/mol. The van der Waals surface area contributed by atoms with Gasteiger partial charge < -0.3 is 13.9 Å². The molecule has 1 saturated heterocycles. The first kappa shape index (κ1) is 18.3. The van der Waals surface area contributed by atoms with Crippen molar-refractivity contribution in [3.8, 4) is 11.3 Å². The second-order valence-corrected chi connectivity index (χ2v) is 8.38. The van der Waals surface area contributed by atoms with E-state index in [1.807, 2.05) is 46.7 Å². The fraction of sp³-hybridized carbons (Fsp3) is 0.304. The highest BCUT2D eigenvalue weighted by atomic mass is 35.5. The Morgan fingerprint density at radius 3 is 2.76 bits per heavy atom. The minimum atomic E-state index is -0.0222. The highest BCUT2D eigenvalue weighted by Crippen LogP contribution is 2.37. The van der Waals surface area contributed by atoms with E-state index in [-0.39, 0.29) is 17.4 Å². The Hall–Kier alpha value is -2.79. The van der Waals surface area contributed by atoms with E-state index in [1.165, 1.54) is 0 Å². The van der Waals surface area contributed by atoms with E-state index in [9.17, 15) is 9.59 Å². The van der Waals surface area contributed by atoms with Crippen molar-refractivity contribution in [2.45, 2.75) is 25.8 Å². The molecule has 2 atom stereocenters. The molecule has 0 aliphatic carbocycles. The Morgan fingerprint density at radius 1 is 1.10 bits per heavy atom. The van der Waals surface area contributed by atoms with Gasteiger partial charge in [0.1, 0.15) is 11.5 Å². The molecule has 0 saturated carbocycles. The van der Waals surface area contributed by atoms with Crippen LogP contribution in [0.5, 0.6) is 0 Å². The summed E-state index contributed by atoms with van der Waals surface area (Å²) in [6, 6.07) is 14.7. The molecule has 1 fully saturated rings. The average molecular weight is 409 g/mol. The minimum Gasteiger partial charge on any atom is -0.460 e. The Morgan fingerprint density at radius 2 is 1.93 bits per heavy atom. The van der Waals surface area contributed by atoms with Crippen LogP contribution in [0.25, 0.3) is 11.3 Å². The highest BCUT2D eigenvalue weighted by molar-refractivity contribution is 6.33. The van der Waals surface area contributed by atoms with Gasteiger partial charge in [-0.25, -0.2) is 0 Å². The molecule has 6 heteroatoms. The van der Waals surface area contributed by atoms with Gasteiger partial charge in [0.05, 0.1) is 10.6 Å². The zero-order chi connectivity index (χ0) is 20.1. The number of rotatable bonds is 2. The lowest BCUT2D eigenvalue weighted by atomic mass is 9.83. The minimum absolute atomic E-state index is 0.0222. The fourth-order valence-electron chi connectivity index (χ4n) is 4.72. The molecular weight excluding hydrogens is 388 g/mol. The van der Waals surface area contributed by atoms with Crippen LogP contribution >= 0.6 is 11.6 Å². The summed E-state index contributed by atoms with van der Waals surface area (Å²) in [6.45, 7) is 3.75. The van der Waals surface area contributed by atoms with Crippen molar-refractivity contribution in [2.24, 2.45) is 5.92 Å². The van der Waals surface area contributed by atoms with Crippen LogP contribution in [-0.2, 0) is 6.54 Å². The molecule has 4 heterocycles. The van der Waals surface area contributed by atoms with Gasteiger partial charge in [0.2, 0.25) is 0 Å². The normalized spacial score (nSPS) is 20.4. The van der Waals surface area contributed by atoms with Gasteiger partial charge in [-0.2, -0.15) is 0 Å². The summed E-state index contributed by atoms with van der Waals surface area (Å²) >= 11 is 6.29. The molecule has 29 heavy (non-hydrogen) atoms. The lowest BCUT2D eigenvalue weighted by Crippen LogP contribution is -2.49. The van der Waals surface area contributed by atoms with Crippen LogP contribution in [0.1, 0.15) is 34.2 Å². The zero-order valence-electron chi connectivity index (χ0n) is 16.1. The first-order valence-electron chi connectivity index (χ1n) is 9.85. The first-order chi connectivity index (χ1) is 14.0. The number of amides is 1. The molecule has 2 bridgehead atoms. The second kappa shape index (κ2) is 6.92. The predicted octanol–water partition coefficient (Wildman–Crippen LogP) is 4.33. The number of furan rings is 1. The van der Waals surface area contributed by atoms with Gasteiger partial charge >= 0.3 is 0 Å². The Kier molecular flexibility index (Phi) is 4.36. The SMILES string of the molecule is Cc1oc(-c2ccccc2Cl)cc1C(=O)N1CC2CC(C1)c1cccc(=O)n1C2. The van der Waals surface area contributed by atoms with Crippen molar-refractivity contribution < 1.29 is 9.21 Å². The molecule has 1 aromatic carbocycles. The van der Waals surface area contributed by atoms with E-state index in [0.717, 1.165) is 17.7 Å². The predicted molar refractivity (Wildman–Crippen MR) is 111 cm³/mol. The Balaban J connectivity index is 1.44. The summed E-state index contributed by atoms with van der Waals surface area (Å²) in [6.07, 6.45) is 1.02. The molecule has 2 aliphatic rings. The van der Waals surface area contributed by atoms with Crippen molar-refractivity contribution in [3.63, 3.8) is 0 Å². The molecule has 0 N–H and O–H groups in total. The van der Waals surface area contributed by atoms with E-state index in [0.29, 0.717) is 47.7 Å². The Bertz CT molecular complexity index is 1160. The smallest absolute Gasteiger partial charge is 0.257 e. The second-order valence-electron chi connectivity index (χ2n) is 7.97. The third-order valence-electron chi connectivity index (χ3n) is 6.05. The number of benzene rings is 1. The van der Waals surface area contributed by atoms with Crippen molar-refractivity contribution >= 4 is 17.5 Å². The van der Waals surface area contributed by atoms with Crippen LogP contribution in [0.15, 0.2) is 57.7 Å². The summed E-state index contributed by atoms with van der Waals surface area (Å²) in [5.74, 6) is 1.66. The number of carbonyl (C=O) groups excluding carboxylic acids is 1. The number of piperidine rings is 1. The molecule has 2 aromatic heterocycles. The number of carbonyl (C=O) groups is 1. The van der Waals surface area contributed by atoms with Crippen LogP contribution < -0.4 is 5.56 Å². The molecule has 2 unspecified atom stereocenters. The summed E-state index contributed by atoms with van der Waals surface area (Å²) in [4.78, 5) is 27.4. The molecule has 0 radical (unpaired) electrons. The van der Waals surface area contributed by atoms with Crippen molar-refractivity contribution in [3.05, 3.63) is 80.9 Å². The third-order valence-corrected chi connectivity index (χ3v) is 6.38. The summed E-state index contributed by atoms with van der Waals surface area (Å²) < 4.78 is 7.76. The fourth-order valence-corrected chi connectivity index (χ4v) is 4.95. The van der Waals surface area contributed by atoms with Crippen LogP contribution in [0.3, 0.4) is 0 Å². The number of pyridine rings is 1. The number of likely N-dealkylation sites (tertiary alicyclic amines) is 1. The molecule has 2 aliphatic heterocycles. The summed E-state index contributed by atoms with van der Waals surface area (Å²) in [7, 11) is 0. The molecule has 5 rings (SSSR count). The maximum atomic E-state index is 13.3. The van der Waals surface area contributed by atoms with Gasteiger partial charge in [-0.05, 0) is 43.5 Å². The number of nitrogens with zero attached hydrogens (tertiary/aromatic N) is 2. The number of halogens is 1. The van der Waals surface area contributed by atoms with Crippen molar-refractivity contribution in [1.29, 1.82) is 0 Å². The van der Waals surface area contributed by atoms with Crippen LogP contribution in [-0.4, -0.2) is 28.5 Å². The van der Waals surface area contributed by atoms with Crippen LogP contribution in [0.4, 0.5) is 0 Å². The van der Waals surface area contributed by atoms with E-state index in [2.05, 4.69) is 0 Å². The van der Waals surface area contributed by atoms with Gasteiger partial charge in [-0.3, -0.25) is 9.59 Å². The van der Waals surface area contributed by atoms with E-state index in [4.69, 9.17) is 16.0 Å². The third kappa shape index (κ3) is 3.10. The zero-order valence-corrected chi connectivity index (χ0v) is 16.9. The van der Waals surface area contributed by atoms with Gasteiger partial charge in [0.15, 0.2) is 0 Å². The largest absolute Gasteiger partial charge is 0.460 e. The lowest BCUT2D eigenvalue weighted by Gasteiger charge is -2.42. The van der Waals surface area contributed by atoms with Crippen molar-refractivity contribution in [2.75, 3.05) is 13.1 Å². The van der Waals surface area contributed by atoms with E-state index >= 15 is 0 Å². The number of hydrogen-bond donors (Lipinski definition) is 0. The van der Waals surface area contributed by atoms with Crippen LogP contribution in [0.2, 0.25) is 5.02 Å². The van der Waals surface area contributed by atoms with E-state index in [1.54, 1.807) is 18.2 Å². The topological polar surface area (TPSA) is 55.5 Å². The molecule has 1 amide bonds. The lowest BCUT2D eigenvalue weighted by molar-refractivity contribution is 0.0593. The standard InChI is InChI=1S/C23H21ClN2O3/c1-14-18(10-21(29-14)17-5-2-3-6-19(17)24)23(28)25-11-15-9-16(13-25)20-7-4-8-22(27)26(20)12-15/h2-8,10,15-16H,9,11-13H2,1H3. The molecular formula is C23H21ClN2O3. The van der Waals surface area contributed by atoms with Crippen molar-refractivity contribution in [1.82, 2.24) is 9.47 Å². The molecule has 5 nitrogen and oxygen atoms in total. The molecule has 0 spiro atoms. The highest BCUT2D eigenvalue weighted by Gasteiger charge is 2.37. The average Bonchev–Trinajstić information content (AvgIpc) is 3.10. The molecule has 148 valence electrons. The summed E-state index contributed by atoms with van der Waals surface area (Å²) in [5.41, 5.74) is 2.43. The summed E-state index contributed by atoms with van der Waals surface area (Å²) in [5, 5.41) is 0.592. The van der Waals surface area contributed by atoms with Crippen LogP contribution in [0, 0.1) is 12.8 Å². The maximum absolute atomic E-state index is 13.3. The number of fused-ring (bicyclic) bond motifs is 4.